The van der Waals surface area contributed by atoms with E-state index in [1.807, 2.05) is 0 Å². The molecule has 2 heterocycles. The molecule has 0 radical (unpaired) electrons. The van der Waals surface area contributed by atoms with Gasteiger partial charge in [-0.25, -0.2) is 9.97 Å². The highest BCUT2D eigenvalue weighted by atomic mass is 127. The third kappa shape index (κ3) is 1.48. The Bertz CT molecular complexity index is 410. The number of anilines is 1. The van der Waals surface area contributed by atoms with Crippen molar-refractivity contribution < 1.29 is 0 Å². The van der Waals surface area contributed by atoms with E-state index in [1.54, 1.807) is 24.7 Å². The lowest BCUT2D eigenvalue weighted by molar-refractivity contribution is 0.817. The standard InChI is InChI=1S/C7H6IN5/c8-5-4-12-13(6(5)9)7-10-2-1-3-11-7/h1-4H,9H2. The van der Waals surface area contributed by atoms with Crippen molar-refractivity contribution >= 4 is 28.4 Å². The molecular formula is C7H6IN5. The van der Waals surface area contributed by atoms with Crippen molar-refractivity contribution in [3.63, 3.8) is 0 Å². The Morgan fingerprint density at radius 1 is 1.31 bits per heavy atom. The summed E-state index contributed by atoms with van der Waals surface area (Å²) >= 11 is 2.11. The maximum Gasteiger partial charge on any atom is 0.252 e. The molecular weight excluding hydrogens is 281 g/mol. The van der Waals surface area contributed by atoms with Crippen LogP contribution in [-0.2, 0) is 0 Å². The number of nitrogens with zero attached hydrogens (tertiary/aromatic N) is 4. The zero-order valence-electron chi connectivity index (χ0n) is 6.55. The molecule has 0 saturated carbocycles. The molecule has 0 aliphatic heterocycles. The van der Waals surface area contributed by atoms with Gasteiger partial charge in [0.05, 0.1) is 9.77 Å². The number of nitrogens with two attached hydrogens (primary N) is 1. The molecule has 13 heavy (non-hydrogen) atoms. The van der Waals surface area contributed by atoms with Crippen molar-refractivity contribution in [1.29, 1.82) is 0 Å². The minimum absolute atomic E-state index is 0.489. The van der Waals surface area contributed by atoms with Gasteiger partial charge in [-0.05, 0) is 28.7 Å². The smallest absolute Gasteiger partial charge is 0.252 e. The molecule has 0 aliphatic carbocycles. The average molecular weight is 287 g/mol. The lowest BCUT2D eigenvalue weighted by Crippen LogP contribution is -2.05. The summed E-state index contributed by atoms with van der Waals surface area (Å²) in [5.41, 5.74) is 5.75. The Balaban J connectivity index is 2.53. The number of hydrogen-bond acceptors (Lipinski definition) is 4. The summed E-state index contributed by atoms with van der Waals surface area (Å²) in [4.78, 5) is 8.06. The van der Waals surface area contributed by atoms with Crippen LogP contribution < -0.4 is 5.73 Å². The average Bonchev–Trinajstić information content (AvgIpc) is 2.49. The van der Waals surface area contributed by atoms with Gasteiger partial charge in [0.25, 0.3) is 5.95 Å². The molecule has 2 aromatic rings. The van der Waals surface area contributed by atoms with Crippen LogP contribution >= 0.6 is 22.6 Å². The van der Waals surface area contributed by atoms with E-state index in [-0.39, 0.29) is 0 Å². The van der Waals surface area contributed by atoms with Crippen molar-refractivity contribution in [3.8, 4) is 5.95 Å². The number of nitrogen functional groups attached to an aromatic ring is 1. The second kappa shape index (κ2) is 3.29. The molecule has 6 heteroatoms. The Morgan fingerprint density at radius 2 is 2.00 bits per heavy atom. The molecule has 0 fully saturated rings. The van der Waals surface area contributed by atoms with E-state index < -0.39 is 0 Å². The van der Waals surface area contributed by atoms with Crippen molar-refractivity contribution in [2.75, 3.05) is 5.73 Å². The normalized spacial score (nSPS) is 10.2. The van der Waals surface area contributed by atoms with E-state index in [0.29, 0.717) is 11.8 Å². The number of rotatable bonds is 1. The monoisotopic (exact) mass is 287 g/mol. The highest BCUT2D eigenvalue weighted by molar-refractivity contribution is 14.1. The van der Waals surface area contributed by atoms with E-state index >= 15 is 0 Å². The summed E-state index contributed by atoms with van der Waals surface area (Å²) in [6.07, 6.45) is 4.97. The largest absolute Gasteiger partial charge is 0.383 e. The lowest BCUT2D eigenvalue weighted by atomic mass is 10.6. The number of aromatic nitrogens is 4. The topological polar surface area (TPSA) is 69.6 Å². The summed E-state index contributed by atoms with van der Waals surface area (Å²) in [5.74, 6) is 1.05. The van der Waals surface area contributed by atoms with Crippen molar-refractivity contribution in [1.82, 2.24) is 19.7 Å². The van der Waals surface area contributed by atoms with Crippen LogP contribution in [0.15, 0.2) is 24.7 Å². The van der Waals surface area contributed by atoms with Crippen LogP contribution in [0, 0.1) is 3.57 Å². The van der Waals surface area contributed by atoms with Gasteiger partial charge in [0.15, 0.2) is 0 Å². The van der Waals surface area contributed by atoms with Crippen molar-refractivity contribution in [2.24, 2.45) is 0 Å². The van der Waals surface area contributed by atoms with E-state index in [9.17, 15) is 0 Å². The van der Waals surface area contributed by atoms with Gasteiger partial charge in [0.2, 0.25) is 0 Å². The maximum atomic E-state index is 5.75. The molecule has 0 amide bonds. The minimum atomic E-state index is 0.489. The summed E-state index contributed by atoms with van der Waals surface area (Å²) < 4.78 is 2.40. The first-order chi connectivity index (χ1) is 6.29. The summed E-state index contributed by atoms with van der Waals surface area (Å²) in [6, 6.07) is 1.74. The first-order valence-corrected chi connectivity index (χ1v) is 4.63. The van der Waals surface area contributed by atoms with Crippen LogP contribution in [0.5, 0.6) is 0 Å². The van der Waals surface area contributed by atoms with Crippen LogP contribution in [0.25, 0.3) is 5.95 Å². The molecule has 2 N–H and O–H groups in total. The fourth-order valence-corrected chi connectivity index (χ4v) is 1.25. The fourth-order valence-electron chi connectivity index (χ4n) is 0.898. The summed E-state index contributed by atoms with van der Waals surface area (Å²) in [5, 5.41) is 4.04. The van der Waals surface area contributed by atoms with Gasteiger partial charge in [-0.1, -0.05) is 0 Å². The quantitative estimate of drug-likeness (QED) is 0.789. The molecule has 0 atom stereocenters. The van der Waals surface area contributed by atoms with Crippen LogP contribution in [-0.4, -0.2) is 19.7 Å². The Hall–Kier alpha value is -1.18. The van der Waals surface area contributed by atoms with Gasteiger partial charge in [-0.15, -0.1) is 0 Å². The van der Waals surface area contributed by atoms with Gasteiger partial charge in [-0.2, -0.15) is 9.78 Å². The predicted octanol–water partition coefficient (Wildman–Crippen LogP) is 0.849. The molecule has 0 unspecified atom stereocenters. The van der Waals surface area contributed by atoms with Crippen LogP contribution in [0.3, 0.4) is 0 Å². The fraction of sp³-hybridized carbons (Fsp3) is 0. The number of halogens is 1. The molecule has 0 bridgehead atoms. The van der Waals surface area contributed by atoms with Gasteiger partial charge in [-0.3, -0.25) is 0 Å². The zero-order valence-corrected chi connectivity index (χ0v) is 8.71. The first kappa shape index (κ1) is 8.42. The van der Waals surface area contributed by atoms with Gasteiger partial charge >= 0.3 is 0 Å². The molecule has 0 aliphatic rings. The van der Waals surface area contributed by atoms with Gasteiger partial charge < -0.3 is 5.73 Å². The van der Waals surface area contributed by atoms with E-state index in [2.05, 4.69) is 37.7 Å². The van der Waals surface area contributed by atoms with Crippen LogP contribution in [0.1, 0.15) is 0 Å². The predicted molar refractivity (Wildman–Crippen MR) is 56.3 cm³/mol. The summed E-state index contributed by atoms with van der Waals surface area (Å²) in [7, 11) is 0. The SMILES string of the molecule is Nc1c(I)cnn1-c1ncccn1. The van der Waals surface area contributed by atoms with Crippen molar-refractivity contribution in [2.45, 2.75) is 0 Å². The van der Waals surface area contributed by atoms with Crippen LogP contribution in [0.4, 0.5) is 5.82 Å². The third-order valence-corrected chi connectivity index (χ3v) is 2.33. The maximum absolute atomic E-state index is 5.75. The lowest BCUT2D eigenvalue weighted by Gasteiger charge is -1.99. The number of hydrogen-bond donors (Lipinski definition) is 1. The van der Waals surface area contributed by atoms with Gasteiger partial charge in [0, 0.05) is 12.4 Å². The molecule has 0 saturated heterocycles. The molecule has 5 nitrogen and oxygen atoms in total. The second-order valence-corrected chi connectivity index (χ2v) is 3.50. The second-order valence-electron chi connectivity index (χ2n) is 2.34. The van der Waals surface area contributed by atoms with E-state index in [4.69, 9.17) is 5.73 Å². The van der Waals surface area contributed by atoms with E-state index in [1.165, 1.54) is 4.68 Å². The molecule has 0 aromatic carbocycles. The Labute approximate surface area is 88.1 Å². The molecule has 2 aromatic heterocycles. The molecule has 0 spiro atoms. The third-order valence-electron chi connectivity index (χ3n) is 1.50. The molecule has 66 valence electrons. The first-order valence-electron chi connectivity index (χ1n) is 3.55. The zero-order chi connectivity index (χ0) is 9.26. The Morgan fingerprint density at radius 3 is 2.54 bits per heavy atom. The van der Waals surface area contributed by atoms with Crippen molar-refractivity contribution in [3.05, 3.63) is 28.2 Å². The summed E-state index contributed by atoms with van der Waals surface area (Å²) in [6.45, 7) is 0. The Kier molecular flexibility index (Phi) is 2.13. The highest BCUT2D eigenvalue weighted by Gasteiger charge is 2.07. The van der Waals surface area contributed by atoms with E-state index in [0.717, 1.165) is 3.57 Å². The van der Waals surface area contributed by atoms with Gasteiger partial charge in [0.1, 0.15) is 5.82 Å². The minimum Gasteiger partial charge on any atom is -0.383 e. The van der Waals surface area contributed by atoms with Crippen LogP contribution in [0.2, 0.25) is 0 Å². The highest BCUT2D eigenvalue weighted by Crippen LogP contribution is 2.15. The molecule has 2 rings (SSSR count).